The number of rotatable bonds is 3. The molecule has 3 aliphatic rings. The standard InChI is InChI=1S/C16H25N3/c17-15-14(11-5-3-1-2-4-6-11)18-16(12-7-8-12)19(15)13-9-10-13/h11-13H,1-10,17H2. The third kappa shape index (κ3) is 2.17. The van der Waals surface area contributed by atoms with E-state index >= 15 is 0 Å². The molecule has 104 valence electrons. The summed E-state index contributed by atoms with van der Waals surface area (Å²) in [5, 5.41) is 0. The van der Waals surface area contributed by atoms with Gasteiger partial charge in [-0.25, -0.2) is 4.98 Å². The molecule has 0 amide bonds. The second kappa shape index (κ2) is 4.53. The number of nitrogens with two attached hydrogens (primary N) is 1. The van der Waals surface area contributed by atoms with Gasteiger partial charge in [0.25, 0.3) is 0 Å². The summed E-state index contributed by atoms with van der Waals surface area (Å²) >= 11 is 0. The van der Waals surface area contributed by atoms with Gasteiger partial charge in [-0.15, -0.1) is 0 Å². The van der Waals surface area contributed by atoms with Crippen molar-refractivity contribution in [2.45, 2.75) is 82.1 Å². The molecule has 3 fully saturated rings. The lowest BCUT2D eigenvalue weighted by atomic mass is 9.96. The van der Waals surface area contributed by atoms with Crippen LogP contribution in [0.4, 0.5) is 5.82 Å². The number of nitrogen functional groups attached to an aromatic ring is 1. The number of aromatic nitrogens is 2. The topological polar surface area (TPSA) is 43.8 Å². The Bertz CT molecular complexity index is 461. The van der Waals surface area contributed by atoms with E-state index in [0.717, 1.165) is 11.7 Å². The van der Waals surface area contributed by atoms with Crippen LogP contribution in [0.25, 0.3) is 0 Å². The minimum absolute atomic E-state index is 0.639. The van der Waals surface area contributed by atoms with Gasteiger partial charge in [-0.05, 0) is 38.5 Å². The number of anilines is 1. The second-order valence-electron chi connectivity index (χ2n) is 6.80. The summed E-state index contributed by atoms with van der Waals surface area (Å²) < 4.78 is 2.41. The smallest absolute Gasteiger partial charge is 0.127 e. The van der Waals surface area contributed by atoms with Crippen LogP contribution in [0.3, 0.4) is 0 Å². The normalized spacial score (nSPS) is 25.5. The molecule has 0 saturated heterocycles. The first kappa shape index (κ1) is 11.8. The van der Waals surface area contributed by atoms with Crippen molar-refractivity contribution >= 4 is 5.82 Å². The number of imidazole rings is 1. The van der Waals surface area contributed by atoms with E-state index in [4.69, 9.17) is 10.7 Å². The summed E-state index contributed by atoms with van der Waals surface area (Å²) in [6.45, 7) is 0. The van der Waals surface area contributed by atoms with E-state index in [1.165, 1.54) is 75.7 Å². The maximum atomic E-state index is 6.49. The molecular weight excluding hydrogens is 234 g/mol. The average molecular weight is 259 g/mol. The first-order valence-electron chi connectivity index (χ1n) is 8.22. The lowest BCUT2D eigenvalue weighted by molar-refractivity contribution is 0.580. The number of hydrogen-bond acceptors (Lipinski definition) is 2. The Hall–Kier alpha value is -0.990. The van der Waals surface area contributed by atoms with E-state index < -0.39 is 0 Å². The van der Waals surface area contributed by atoms with Gasteiger partial charge in [0, 0.05) is 17.9 Å². The number of hydrogen-bond donors (Lipinski definition) is 1. The van der Waals surface area contributed by atoms with Crippen LogP contribution in [-0.4, -0.2) is 9.55 Å². The zero-order valence-electron chi connectivity index (χ0n) is 11.8. The third-order valence-electron chi connectivity index (χ3n) is 5.10. The fourth-order valence-corrected chi connectivity index (χ4v) is 3.68. The van der Waals surface area contributed by atoms with Crippen molar-refractivity contribution in [1.82, 2.24) is 9.55 Å². The van der Waals surface area contributed by atoms with Gasteiger partial charge in [-0.3, -0.25) is 0 Å². The van der Waals surface area contributed by atoms with E-state index in [-0.39, 0.29) is 0 Å². The van der Waals surface area contributed by atoms with E-state index in [2.05, 4.69) is 4.57 Å². The Morgan fingerprint density at radius 3 is 2.11 bits per heavy atom. The van der Waals surface area contributed by atoms with Crippen molar-refractivity contribution in [2.75, 3.05) is 5.73 Å². The predicted octanol–water partition coefficient (Wildman–Crippen LogP) is 4.12. The highest BCUT2D eigenvalue weighted by molar-refractivity contribution is 5.43. The number of nitrogens with zero attached hydrogens (tertiary/aromatic N) is 2. The monoisotopic (exact) mass is 259 g/mol. The van der Waals surface area contributed by atoms with Gasteiger partial charge in [0.15, 0.2) is 0 Å². The summed E-state index contributed by atoms with van der Waals surface area (Å²) in [6.07, 6.45) is 13.4. The fraction of sp³-hybridized carbons (Fsp3) is 0.812. The molecule has 0 bridgehead atoms. The van der Waals surface area contributed by atoms with Gasteiger partial charge < -0.3 is 10.3 Å². The van der Waals surface area contributed by atoms with E-state index in [9.17, 15) is 0 Å². The highest BCUT2D eigenvalue weighted by atomic mass is 15.2. The first-order valence-corrected chi connectivity index (χ1v) is 8.22. The Labute approximate surface area is 115 Å². The quantitative estimate of drug-likeness (QED) is 0.830. The Morgan fingerprint density at radius 1 is 0.842 bits per heavy atom. The van der Waals surface area contributed by atoms with Crippen molar-refractivity contribution in [3.63, 3.8) is 0 Å². The average Bonchev–Trinajstić information content (AvgIpc) is 3.30. The van der Waals surface area contributed by atoms with Crippen molar-refractivity contribution in [3.8, 4) is 0 Å². The molecule has 1 aromatic rings. The van der Waals surface area contributed by atoms with Crippen LogP contribution < -0.4 is 5.73 Å². The minimum atomic E-state index is 0.639. The zero-order chi connectivity index (χ0) is 12.8. The summed E-state index contributed by atoms with van der Waals surface area (Å²) in [4.78, 5) is 5.04. The molecule has 2 N–H and O–H groups in total. The molecule has 0 atom stereocenters. The molecule has 3 heteroatoms. The fourth-order valence-electron chi connectivity index (χ4n) is 3.68. The second-order valence-corrected chi connectivity index (χ2v) is 6.80. The van der Waals surface area contributed by atoms with Crippen molar-refractivity contribution in [1.29, 1.82) is 0 Å². The van der Waals surface area contributed by atoms with Crippen LogP contribution in [0.15, 0.2) is 0 Å². The van der Waals surface area contributed by atoms with Crippen LogP contribution in [0.5, 0.6) is 0 Å². The SMILES string of the molecule is Nc1c(C2CCCCCC2)nc(C2CC2)n1C1CC1. The van der Waals surface area contributed by atoms with Crippen molar-refractivity contribution < 1.29 is 0 Å². The molecule has 19 heavy (non-hydrogen) atoms. The van der Waals surface area contributed by atoms with Gasteiger partial charge in [0.2, 0.25) is 0 Å². The lowest BCUT2D eigenvalue weighted by Gasteiger charge is -2.13. The minimum Gasteiger partial charge on any atom is -0.384 e. The molecule has 4 rings (SSSR count). The summed E-state index contributed by atoms with van der Waals surface area (Å²) in [7, 11) is 0. The van der Waals surface area contributed by atoms with Gasteiger partial charge in [-0.2, -0.15) is 0 Å². The van der Waals surface area contributed by atoms with Gasteiger partial charge >= 0.3 is 0 Å². The maximum Gasteiger partial charge on any atom is 0.127 e. The first-order chi connectivity index (χ1) is 9.34. The molecule has 0 radical (unpaired) electrons. The molecule has 3 saturated carbocycles. The zero-order valence-corrected chi connectivity index (χ0v) is 11.8. The molecule has 0 unspecified atom stereocenters. The van der Waals surface area contributed by atoms with E-state index in [0.29, 0.717) is 12.0 Å². The third-order valence-corrected chi connectivity index (χ3v) is 5.10. The van der Waals surface area contributed by atoms with Crippen LogP contribution in [0.1, 0.15) is 93.6 Å². The van der Waals surface area contributed by atoms with Crippen molar-refractivity contribution in [2.24, 2.45) is 0 Å². The maximum absolute atomic E-state index is 6.49. The predicted molar refractivity (Wildman–Crippen MR) is 77.3 cm³/mol. The Morgan fingerprint density at radius 2 is 1.53 bits per heavy atom. The molecule has 1 aromatic heterocycles. The van der Waals surface area contributed by atoms with Gasteiger partial charge in [0.1, 0.15) is 11.6 Å². The molecule has 0 aliphatic heterocycles. The summed E-state index contributed by atoms with van der Waals surface area (Å²) in [5.41, 5.74) is 7.75. The molecular formula is C16H25N3. The highest BCUT2D eigenvalue weighted by Crippen LogP contribution is 2.48. The van der Waals surface area contributed by atoms with E-state index in [1.807, 2.05) is 0 Å². The molecule has 0 aromatic carbocycles. The van der Waals surface area contributed by atoms with Gasteiger partial charge in [0.05, 0.1) is 5.69 Å². The Balaban J connectivity index is 1.68. The summed E-state index contributed by atoms with van der Waals surface area (Å²) in [6, 6.07) is 0.683. The highest BCUT2D eigenvalue weighted by Gasteiger charge is 2.37. The summed E-state index contributed by atoms with van der Waals surface area (Å²) in [5.74, 6) is 3.72. The molecule has 3 aliphatic carbocycles. The lowest BCUT2D eigenvalue weighted by Crippen LogP contribution is -2.06. The van der Waals surface area contributed by atoms with Crippen LogP contribution >= 0.6 is 0 Å². The Kier molecular flexibility index (Phi) is 2.82. The van der Waals surface area contributed by atoms with Crippen LogP contribution in [-0.2, 0) is 0 Å². The van der Waals surface area contributed by atoms with Crippen LogP contribution in [0.2, 0.25) is 0 Å². The van der Waals surface area contributed by atoms with Gasteiger partial charge in [-0.1, -0.05) is 25.7 Å². The van der Waals surface area contributed by atoms with Crippen LogP contribution in [0, 0.1) is 0 Å². The van der Waals surface area contributed by atoms with E-state index in [1.54, 1.807) is 0 Å². The largest absolute Gasteiger partial charge is 0.384 e. The molecule has 0 spiro atoms. The van der Waals surface area contributed by atoms with Crippen molar-refractivity contribution in [3.05, 3.63) is 11.5 Å². The molecule has 3 nitrogen and oxygen atoms in total. The molecule has 1 heterocycles.